The van der Waals surface area contributed by atoms with Crippen molar-refractivity contribution < 1.29 is 18.3 Å². The minimum atomic E-state index is -2.61. The van der Waals surface area contributed by atoms with Gasteiger partial charge in [0.25, 0.3) is 0 Å². The second-order valence-electron chi connectivity index (χ2n) is 7.89. The fourth-order valence-electron chi connectivity index (χ4n) is 3.45. The van der Waals surface area contributed by atoms with E-state index in [-0.39, 0.29) is 12.8 Å². The van der Waals surface area contributed by atoms with Crippen molar-refractivity contribution in [2.24, 2.45) is 12.5 Å². The normalized spacial score (nSPS) is 22.1. The van der Waals surface area contributed by atoms with E-state index in [9.17, 15) is 13.6 Å². The number of halogens is 2. The average Bonchev–Trinajstić information content (AvgIpc) is 2.80. The summed E-state index contributed by atoms with van der Waals surface area (Å²) in [6.45, 7) is 5.77. The van der Waals surface area contributed by atoms with Gasteiger partial charge in [0, 0.05) is 43.6 Å². The molecule has 1 aliphatic heterocycles. The van der Waals surface area contributed by atoms with Crippen LogP contribution < -0.4 is 0 Å². The molecule has 1 fully saturated rings. The molecule has 132 valence electrons. The van der Waals surface area contributed by atoms with Crippen LogP contribution in [0.25, 0.3) is 5.70 Å². The maximum Gasteiger partial charge on any atom is 0.414 e. The Hall–Kier alpha value is -1.92. The highest BCUT2D eigenvalue weighted by Gasteiger charge is 2.56. The second-order valence-corrected chi connectivity index (χ2v) is 7.89. The van der Waals surface area contributed by atoms with Crippen LogP contribution >= 0.6 is 0 Å². The third kappa shape index (κ3) is 3.30. The van der Waals surface area contributed by atoms with Gasteiger partial charge in [-0.3, -0.25) is 9.58 Å². The Morgan fingerprint density at radius 1 is 1.33 bits per heavy atom. The lowest BCUT2D eigenvalue weighted by Gasteiger charge is -2.49. The van der Waals surface area contributed by atoms with Crippen LogP contribution in [0, 0.1) is 5.41 Å². The highest BCUT2D eigenvalue weighted by molar-refractivity contribution is 5.83. The summed E-state index contributed by atoms with van der Waals surface area (Å²) in [5.41, 5.74) is 0.194. The molecule has 0 saturated heterocycles. The van der Waals surface area contributed by atoms with Crippen LogP contribution in [0.4, 0.5) is 13.6 Å². The molecule has 1 aromatic rings. The Labute approximate surface area is 140 Å². The summed E-state index contributed by atoms with van der Waals surface area (Å²) < 4.78 is 33.9. The molecule has 1 amide bonds. The predicted molar refractivity (Wildman–Crippen MR) is 85.4 cm³/mol. The van der Waals surface area contributed by atoms with Gasteiger partial charge in [0.2, 0.25) is 5.92 Å². The van der Waals surface area contributed by atoms with E-state index in [0.717, 1.165) is 5.56 Å². The fraction of sp³-hybridized carbons (Fsp3) is 0.647. The van der Waals surface area contributed by atoms with Gasteiger partial charge in [0.05, 0.1) is 11.9 Å². The minimum absolute atomic E-state index is 0.161. The third-order valence-corrected chi connectivity index (χ3v) is 4.40. The van der Waals surface area contributed by atoms with Crippen molar-refractivity contribution in [3.63, 3.8) is 0 Å². The van der Waals surface area contributed by atoms with Gasteiger partial charge < -0.3 is 4.74 Å². The first-order valence-corrected chi connectivity index (χ1v) is 8.09. The van der Waals surface area contributed by atoms with Crippen LogP contribution in [0.5, 0.6) is 0 Å². The summed E-state index contributed by atoms with van der Waals surface area (Å²) in [6, 6.07) is 0. The van der Waals surface area contributed by atoms with Crippen molar-refractivity contribution in [3.8, 4) is 0 Å². The number of amides is 1. The van der Waals surface area contributed by atoms with Crippen molar-refractivity contribution in [2.75, 3.05) is 6.54 Å². The van der Waals surface area contributed by atoms with E-state index in [2.05, 4.69) is 5.10 Å². The monoisotopic (exact) mass is 339 g/mol. The van der Waals surface area contributed by atoms with Gasteiger partial charge >= 0.3 is 6.09 Å². The highest BCUT2D eigenvalue weighted by Crippen LogP contribution is 2.57. The molecule has 0 atom stereocenters. The van der Waals surface area contributed by atoms with Gasteiger partial charge in [-0.15, -0.1) is 0 Å². The zero-order chi connectivity index (χ0) is 17.8. The molecular weight excluding hydrogens is 316 g/mol. The van der Waals surface area contributed by atoms with Crippen molar-refractivity contribution in [2.45, 2.75) is 51.6 Å². The summed E-state index contributed by atoms with van der Waals surface area (Å²) in [7, 11) is 1.78. The zero-order valence-electron chi connectivity index (χ0n) is 14.5. The van der Waals surface area contributed by atoms with Crippen LogP contribution in [0.2, 0.25) is 0 Å². The number of aromatic nitrogens is 2. The molecule has 24 heavy (non-hydrogen) atoms. The number of hydrogen-bond donors (Lipinski definition) is 0. The van der Waals surface area contributed by atoms with Crippen molar-refractivity contribution in [1.29, 1.82) is 0 Å². The number of alkyl halides is 2. The summed E-state index contributed by atoms with van der Waals surface area (Å²) in [5, 5.41) is 4.13. The van der Waals surface area contributed by atoms with Gasteiger partial charge in [-0.05, 0) is 27.2 Å². The quantitative estimate of drug-likeness (QED) is 0.781. The molecule has 2 heterocycles. The van der Waals surface area contributed by atoms with E-state index in [4.69, 9.17) is 4.74 Å². The molecule has 1 spiro atoms. The van der Waals surface area contributed by atoms with Crippen LogP contribution in [0.3, 0.4) is 0 Å². The summed E-state index contributed by atoms with van der Waals surface area (Å²) in [5.74, 6) is -2.61. The lowest BCUT2D eigenvalue weighted by molar-refractivity contribution is -0.146. The second kappa shape index (κ2) is 5.29. The highest BCUT2D eigenvalue weighted by atomic mass is 19.3. The number of carbonyl (C=O) groups excluding carboxylic acids is 1. The smallest absolute Gasteiger partial charge is 0.414 e. The number of hydrogen-bond acceptors (Lipinski definition) is 3. The maximum absolute atomic E-state index is 13.4. The molecule has 0 radical (unpaired) electrons. The Morgan fingerprint density at radius 2 is 2.00 bits per heavy atom. The number of allylic oxidation sites excluding steroid dienone is 1. The van der Waals surface area contributed by atoms with Crippen LogP contribution in [0.1, 0.15) is 45.6 Å². The molecule has 1 aliphatic carbocycles. The van der Waals surface area contributed by atoms with Crippen LogP contribution in [-0.4, -0.2) is 38.8 Å². The predicted octanol–water partition coefficient (Wildman–Crippen LogP) is 3.82. The van der Waals surface area contributed by atoms with E-state index < -0.39 is 23.0 Å². The maximum atomic E-state index is 13.4. The molecule has 0 N–H and O–H groups in total. The van der Waals surface area contributed by atoms with Crippen molar-refractivity contribution in [3.05, 3.63) is 24.0 Å². The molecule has 0 aromatic carbocycles. The molecule has 5 nitrogen and oxygen atoms in total. The number of ether oxygens (including phenoxy) is 1. The van der Waals surface area contributed by atoms with E-state index in [0.29, 0.717) is 18.7 Å². The number of nitrogens with zero attached hydrogens (tertiary/aromatic N) is 3. The number of aryl methyl sites for hydroxylation is 1. The zero-order valence-corrected chi connectivity index (χ0v) is 14.5. The first-order chi connectivity index (χ1) is 11.0. The lowest BCUT2D eigenvalue weighted by Crippen LogP contribution is -2.50. The van der Waals surface area contributed by atoms with Crippen LogP contribution in [0.15, 0.2) is 18.5 Å². The summed E-state index contributed by atoms with van der Waals surface area (Å²) in [6.07, 6.45) is 4.97. The van der Waals surface area contributed by atoms with Crippen molar-refractivity contribution in [1.82, 2.24) is 14.7 Å². The lowest BCUT2D eigenvalue weighted by atomic mass is 9.62. The van der Waals surface area contributed by atoms with E-state index in [1.165, 1.54) is 4.90 Å². The number of rotatable bonds is 1. The fourth-order valence-corrected chi connectivity index (χ4v) is 3.45. The Balaban J connectivity index is 1.92. The summed E-state index contributed by atoms with van der Waals surface area (Å²) >= 11 is 0. The van der Waals surface area contributed by atoms with Gasteiger partial charge in [-0.25, -0.2) is 13.6 Å². The Kier molecular flexibility index (Phi) is 3.73. The first kappa shape index (κ1) is 16.9. The minimum Gasteiger partial charge on any atom is -0.443 e. The molecule has 3 rings (SSSR count). The average molecular weight is 339 g/mol. The van der Waals surface area contributed by atoms with Gasteiger partial charge in [-0.1, -0.05) is 6.08 Å². The molecule has 1 saturated carbocycles. The molecular formula is C17H23F2N3O2. The standard InChI is InChI=1S/C17H23F2N3O2/c1-15(2,3)24-14(23)22-6-5-16(10-17(18,19)11-16)7-13(22)12-8-20-21(4)9-12/h7-9H,5-6,10-11H2,1-4H3. The van der Waals surface area contributed by atoms with Gasteiger partial charge in [0.15, 0.2) is 0 Å². The molecule has 0 bridgehead atoms. The topological polar surface area (TPSA) is 47.4 Å². The van der Waals surface area contributed by atoms with E-state index >= 15 is 0 Å². The summed E-state index contributed by atoms with van der Waals surface area (Å²) in [4.78, 5) is 14.1. The molecule has 1 aromatic heterocycles. The third-order valence-electron chi connectivity index (χ3n) is 4.40. The van der Waals surface area contributed by atoms with Gasteiger partial charge in [0.1, 0.15) is 5.60 Å². The molecule has 7 heteroatoms. The largest absolute Gasteiger partial charge is 0.443 e. The van der Waals surface area contributed by atoms with E-state index in [1.807, 2.05) is 6.08 Å². The van der Waals surface area contributed by atoms with Gasteiger partial charge in [-0.2, -0.15) is 5.10 Å². The number of carbonyl (C=O) groups is 1. The Bertz CT molecular complexity index is 680. The van der Waals surface area contributed by atoms with Crippen molar-refractivity contribution >= 4 is 11.8 Å². The Morgan fingerprint density at radius 3 is 2.50 bits per heavy atom. The SMILES string of the molecule is Cn1cc(C2=CC3(CCN2C(=O)OC(C)(C)C)CC(F)(F)C3)cn1. The molecule has 0 unspecified atom stereocenters. The first-order valence-electron chi connectivity index (χ1n) is 8.09. The van der Waals surface area contributed by atoms with E-state index in [1.54, 1.807) is 44.9 Å². The molecule has 2 aliphatic rings. The van der Waals surface area contributed by atoms with Crippen LogP contribution in [-0.2, 0) is 11.8 Å².